The Balaban J connectivity index is 1.71. The van der Waals surface area contributed by atoms with E-state index in [2.05, 4.69) is 35.9 Å². The smallest absolute Gasteiger partial charge is 0.227 e. The third-order valence-corrected chi connectivity index (χ3v) is 4.27. The lowest BCUT2D eigenvalue weighted by atomic mass is 10.1. The van der Waals surface area contributed by atoms with Gasteiger partial charge in [0, 0.05) is 29.7 Å². The van der Waals surface area contributed by atoms with Crippen molar-refractivity contribution in [2.45, 2.75) is 45.6 Å². The molecule has 1 aliphatic carbocycles. The summed E-state index contributed by atoms with van der Waals surface area (Å²) in [6.07, 6.45) is 5.94. The number of hydrogen-bond acceptors (Lipinski definition) is 1. The quantitative estimate of drug-likeness (QED) is 0.861. The van der Waals surface area contributed by atoms with Gasteiger partial charge in [-0.2, -0.15) is 0 Å². The number of hydrogen-bond donors (Lipinski definition) is 1. The van der Waals surface area contributed by atoms with Gasteiger partial charge in [-0.15, -0.1) is 0 Å². The summed E-state index contributed by atoms with van der Waals surface area (Å²) in [7, 11) is 0. The lowest BCUT2D eigenvalue weighted by Gasteiger charge is -2.23. The van der Waals surface area contributed by atoms with E-state index in [4.69, 9.17) is 0 Å². The molecular formula is C18H24N2O. The second-order valence-electron chi connectivity index (χ2n) is 6.54. The van der Waals surface area contributed by atoms with Gasteiger partial charge >= 0.3 is 0 Å². The minimum Gasteiger partial charge on any atom is -0.361 e. The summed E-state index contributed by atoms with van der Waals surface area (Å²) in [5.41, 5.74) is 2.23. The summed E-state index contributed by atoms with van der Waals surface area (Å²) in [4.78, 5) is 18.0. The monoisotopic (exact) mass is 284 g/mol. The Morgan fingerprint density at radius 2 is 2.10 bits per heavy atom. The van der Waals surface area contributed by atoms with E-state index >= 15 is 0 Å². The van der Waals surface area contributed by atoms with Crippen LogP contribution in [0.2, 0.25) is 0 Å². The predicted molar refractivity (Wildman–Crippen MR) is 86.2 cm³/mol. The van der Waals surface area contributed by atoms with Crippen molar-refractivity contribution in [3.63, 3.8) is 0 Å². The van der Waals surface area contributed by atoms with E-state index in [1.807, 2.05) is 18.3 Å². The number of carbonyl (C=O) groups is 1. The fraction of sp³-hybridized carbons (Fsp3) is 0.500. The maximum absolute atomic E-state index is 12.7. The van der Waals surface area contributed by atoms with Crippen molar-refractivity contribution in [2.75, 3.05) is 6.54 Å². The fourth-order valence-corrected chi connectivity index (χ4v) is 2.84. The number of H-pyrrole nitrogens is 1. The highest BCUT2D eigenvalue weighted by Crippen LogP contribution is 2.29. The first-order valence-electron chi connectivity index (χ1n) is 7.99. The molecule has 3 heteroatoms. The van der Waals surface area contributed by atoms with Crippen LogP contribution < -0.4 is 0 Å². The van der Waals surface area contributed by atoms with E-state index in [9.17, 15) is 4.79 Å². The number of aromatic nitrogens is 1. The average molecular weight is 284 g/mol. The van der Waals surface area contributed by atoms with E-state index in [0.717, 1.165) is 24.0 Å². The number of aromatic amines is 1. The summed E-state index contributed by atoms with van der Waals surface area (Å²) in [5.74, 6) is 0.926. The first kappa shape index (κ1) is 14.2. The Labute approximate surface area is 126 Å². The number of fused-ring (bicyclic) bond motifs is 1. The van der Waals surface area contributed by atoms with E-state index in [1.54, 1.807) is 0 Å². The lowest BCUT2D eigenvalue weighted by Crippen LogP contribution is -2.35. The van der Waals surface area contributed by atoms with Crippen LogP contribution in [0.15, 0.2) is 30.5 Å². The molecule has 1 aromatic carbocycles. The van der Waals surface area contributed by atoms with Gasteiger partial charge in [-0.3, -0.25) is 4.79 Å². The van der Waals surface area contributed by atoms with Gasteiger partial charge in [-0.25, -0.2) is 0 Å². The molecule has 1 N–H and O–H groups in total. The van der Waals surface area contributed by atoms with Gasteiger partial charge in [0.1, 0.15) is 0 Å². The van der Waals surface area contributed by atoms with Crippen LogP contribution >= 0.6 is 0 Å². The predicted octanol–water partition coefficient (Wildman–Crippen LogP) is 3.75. The Morgan fingerprint density at radius 1 is 1.33 bits per heavy atom. The molecule has 3 rings (SSSR count). The third kappa shape index (κ3) is 3.29. The summed E-state index contributed by atoms with van der Waals surface area (Å²) in [6.45, 7) is 5.34. The fourth-order valence-electron chi connectivity index (χ4n) is 2.84. The molecule has 0 bridgehead atoms. The normalized spacial score (nSPS) is 14.8. The van der Waals surface area contributed by atoms with Gasteiger partial charge in [0.25, 0.3) is 0 Å². The van der Waals surface area contributed by atoms with Crippen LogP contribution in [0.4, 0.5) is 0 Å². The first-order chi connectivity index (χ1) is 10.1. The van der Waals surface area contributed by atoms with E-state index in [1.165, 1.54) is 18.2 Å². The Hall–Kier alpha value is -1.77. The van der Waals surface area contributed by atoms with Crippen molar-refractivity contribution < 1.29 is 4.79 Å². The van der Waals surface area contributed by atoms with Crippen molar-refractivity contribution in [3.8, 4) is 0 Å². The van der Waals surface area contributed by atoms with Crippen LogP contribution in [0.25, 0.3) is 10.9 Å². The van der Waals surface area contributed by atoms with E-state index < -0.39 is 0 Å². The van der Waals surface area contributed by atoms with Crippen LogP contribution in [-0.4, -0.2) is 28.4 Å². The molecule has 1 saturated carbocycles. The van der Waals surface area contributed by atoms with Gasteiger partial charge in [-0.1, -0.05) is 32.0 Å². The molecular weight excluding hydrogens is 260 g/mol. The second kappa shape index (κ2) is 5.92. The zero-order chi connectivity index (χ0) is 14.8. The molecule has 1 heterocycles. The number of amides is 1. The summed E-state index contributed by atoms with van der Waals surface area (Å²) in [6, 6.07) is 8.69. The SMILES string of the molecule is CC(C)CCN(C(=O)Cc1c[nH]c2ccccc12)C1CC1. The second-order valence-corrected chi connectivity index (χ2v) is 6.54. The molecule has 3 nitrogen and oxygen atoms in total. The number of nitrogens with one attached hydrogen (secondary N) is 1. The van der Waals surface area contributed by atoms with Gasteiger partial charge in [0.2, 0.25) is 5.91 Å². The molecule has 0 atom stereocenters. The maximum atomic E-state index is 12.7. The van der Waals surface area contributed by atoms with E-state index in [0.29, 0.717) is 18.4 Å². The van der Waals surface area contributed by atoms with Crippen LogP contribution in [0, 0.1) is 5.92 Å². The van der Waals surface area contributed by atoms with E-state index in [-0.39, 0.29) is 5.91 Å². The Kier molecular flexibility index (Phi) is 4.00. The summed E-state index contributed by atoms with van der Waals surface area (Å²) < 4.78 is 0. The molecule has 2 aromatic rings. The van der Waals surface area contributed by atoms with Gasteiger partial charge < -0.3 is 9.88 Å². The van der Waals surface area contributed by atoms with Gasteiger partial charge in [0.15, 0.2) is 0 Å². The van der Waals surface area contributed by atoms with Crippen molar-refractivity contribution in [1.29, 1.82) is 0 Å². The summed E-state index contributed by atoms with van der Waals surface area (Å²) >= 11 is 0. The number of nitrogens with zero attached hydrogens (tertiary/aromatic N) is 1. The number of para-hydroxylation sites is 1. The van der Waals surface area contributed by atoms with Crippen molar-refractivity contribution >= 4 is 16.8 Å². The zero-order valence-electron chi connectivity index (χ0n) is 12.9. The van der Waals surface area contributed by atoms with Crippen LogP contribution in [-0.2, 0) is 11.2 Å². The minimum atomic E-state index is 0.280. The van der Waals surface area contributed by atoms with Crippen molar-refractivity contribution in [3.05, 3.63) is 36.0 Å². The molecule has 0 spiro atoms. The Morgan fingerprint density at radius 3 is 2.81 bits per heavy atom. The zero-order valence-corrected chi connectivity index (χ0v) is 12.9. The molecule has 112 valence electrons. The molecule has 1 fully saturated rings. The molecule has 1 aliphatic rings. The van der Waals surface area contributed by atoms with Crippen molar-refractivity contribution in [1.82, 2.24) is 9.88 Å². The summed E-state index contributed by atoms with van der Waals surface area (Å²) in [5, 5.41) is 1.17. The standard InChI is InChI=1S/C18H24N2O/c1-13(2)9-10-20(15-7-8-15)18(21)11-14-12-19-17-6-4-3-5-16(14)17/h3-6,12-13,15,19H,7-11H2,1-2H3. The van der Waals surface area contributed by atoms with Gasteiger partial charge in [0.05, 0.1) is 6.42 Å². The number of benzene rings is 1. The molecule has 0 unspecified atom stereocenters. The minimum absolute atomic E-state index is 0.280. The topological polar surface area (TPSA) is 36.1 Å². The molecule has 1 amide bonds. The maximum Gasteiger partial charge on any atom is 0.227 e. The third-order valence-electron chi connectivity index (χ3n) is 4.27. The first-order valence-corrected chi connectivity index (χ1v) is 7.99. The highest BCUT2D eigenvalue weighted by atomic mass is 16.2. The average Bonchev–Trinajstić information content (AvgIpc) is 3.21. The lowest BCUT2D eigenvalue weighted by molar-refractivity contribution is -0.131. The van der Waals surface area contributed by atoms with Crippen LogP contribution in [0.3, 0.4) is 0 Å². The largest absolute Gasteiger partial charge is 0.361 e. The van der Waals surface area contributed by atoms with Crippen LogP contribution in [0.1, 0.15) is 38.7 Å². The molecule has 0 aliphatic heterocycles. The van der Waals surface area contributed by atoms with Gasteiger partial charge in [-0.05, 0) is 36.8 Å². The molecule has 21 heavy (non-hydrogen) atoms. The van der Waals surface area contributed by atoms with Crippen molar-refractivity contribution in [2.24, 2.45) is 5.92 Å². The Bertz CT molecular complexity index is 625. The number of rotatable bonds is 6. The van der Waals surface area contributed by atoms with Crippen LogP contribution in [0.5, 0.6) is 0 Å². The molecule has 0 radical (unpaired) electrons. The molecule has 1 aromatic heterocycles. The highest BCUT2D eigenvalue weighted by Gasteiger charge is 2.32. The number of carbonyl (C=O) groups excluding carboxylic acids is 1. The highest BCUT2D eigenvalue weighted by molar-refractivity contribution is 5.89. The molecule has 0 saturated heterocycles.